The monoisotopic (exact) mass is 308 g/mol. The molecule has 19 heavy (non-hydrogen) atoms. The number of aromatic nitrogens is 4. The Balaban J connectivity index is 2.46. The van der Waals surface area contributed by atoms with Gasteiger partial charge in [0.25, 0.3) is 0 Å². The zero-order valence-corrected chi connectivity index (χ0v) is 11.4. The molecule has 0 aliphatic rings. The van der Waals surface area contributed by atoms with Crippen LogP contribution in [0.5, 0.6) is 0 Å². The molecule has 9 heteroatoms. The molecule has 102 valence electrons. The Morgan fingerprint density at radius 3 is 2.47 bits per heavy atom. The van der Waals surface area contributed by atoms with Gasteiger partial charge in [0.1, 0.15) is 5.03 Å². The molecule has 2 aromatic rings. The topological polar surface area (TPSA) is 43.6 Å². The highest BCUT2D eigenvalue weighted by Crippen LogP contribution is 2.31. The Kier molecular flexibility index (Phi) is 3.73. The van der Waals surface area contributed by atoms with Crippen molar-refractivity contribution >= 4 is 23.4 Å². The smallest absolute Gasteiger partial charge is 0.234 e. The third kappa shape index (κ3) is 2.84. The molecular weight excluding hydrogens is 301 g/mol. The first-order valence-corrected chi connectivity index (χ1v) is 6.64. The summed E-state index contributed by atoms with van der Waals surface area (Å²) in [7, 11) is 0. The second kappa shape index (κ2) is 5.01. The van der Waals surface area contributed by atoms with Gasteiger partial charge in [0.15, 0.2) is 5.82 Å². The van der Waals surface area contributed by atoms with Crippen LogP contribution in [-0.2, 0) is 6.18 Å². The average molecular weight is 309 g/mol. The molecule has 0 aliphatic heterocycles. The zero-order chi connectivity index (χ0) is 14.2. The molecule has 0 bridgehead atoms. The summed E-state index contributed by atoms with van der Waals surface area (Å²) in [5.74, 6) is 0.0677. The molecule has 0 amide bonds. The number of aryl methyl sites for hydroxylation is 1. The molecule has 0 N–H and O–H groups in total. The lowest BCUT2D eigenvalue weighted by atomic mass is 10.3. The fourth-order valence-electron chi connectivity index (χ4n) is 1.38. The first kappa shape index (κ1) is 14.1. The molecule has 2 rings (SSSR count). The van der Waals surface area contributed by atoms with E-state index in [1.807, 2.05) is 6.26 Å². The number of alkyl halides is 3. The summed E-state index contributed by atoms with van der Waals surface area (Å²) in [5, 5.41) is 8.66. The Morgan fingerprint density at radius 2 is 2.00 bits per heavy atom. The van der Waals surface area contributed by atoms with Gasteiger partial charge in [0.2, 0.25) is 0 Å². The van der Waals surface area contributed by atoms with E-state index >= 15 is 0 Å². The molecule has 0 saturated carbocycles. The van der Waals surface area contributed by atoms with Crippen molar-refractivity contribution in [2.45, 2.75) is 18.1 Å². The van der Waals surface area contributed by atoms with Crippen LogP contribution in [0, 0.1) is 6.92 Å². The summed E-state index contributed by atoms with van der Waals surface area (Å²) < 4.78 is 37.5. The number of thioether (sulfide) groups is 1. The van der Waals surface area contributed by atoms with E-state index in [0.29, 0.717) is 16.9 Å². The summed E-state index contributed by atoms with van der Waals surface area (Å²) in [6.45, 7) is 1.74. The summed E-state index contributed by atoms with van der Waals surface area (Å²) in [4.78, 5) is 4.81. The lowest BCUT2D eigenvalue weighted by Crippen LogP contribution is -2.09. The highest BCUT2D eigenvalue weighted by molar-refractivity contribution is 7.98. The van der Waals surface area contributed by atoms with E-state index in [4.69, 9.17) is 11.6 Å². The number of nitrogens with zero attached hydrogens (tertiary/aromatic N) is 4. The van der Waals surface area contributed by atoms with Gasteiger partial charge in [-0.2, -0.15) is 18.3 Å². The predicted octanol–water partition coefficient (Wildman–Crippen LogP) is 3.36. The quantitative estimate of drug-likeness (QED) is 0.798. The van der Waals surface area contributed by atoms with Crippen LogP contribution >= 0.6 is 23.4 Å². The van der Waals surface area contributed by atoms with Crippen LogP contribution < -0.4 is 0 Å². The van der Waals surface area contributed by atoms with Crippen LogP contribution in [0.2, 0.25) is 5.02 Å². The van der Waals surface area contributed by atoms with Gasteiger partial charge in [-0.15, -0.1) is 21.7 Å². The molecule has 0 aromatic carbocycles. The van der Waals surface area contributed by atoms with Gasteiger partial charge in [0.05, 0.1) is 16.3 Å². The van der Waals surface area contributed by atoms with Gasteiger partial charge in [0, 0.05) is 6.20 Å². The van der Waals surface area contributed by atoms with Gasteiger partial charge in [-0.3, -0.25) is 0 Å². The number of hydrogen-bond acceptors (Lipinski definition) is 4. The van der Waals surface area contributed by atoms with Crippen molar-refractivity contribution in [3.05, 3.63) is 28.5 Å². The maximum atomic E-state index is 12.5. The molecule has 0 radical (unpaired) electrons. The molecule has 4 nitrogen and oxygen atoms in total. The fraction of sp³-hybridized carbons (Fsp3) is 0.300. The number of hydrogen-bond donors (Lipinski definition) is 0. The normalized spacial score (nSPS) is 11.9. The molecule has 0 spiro atoms. The van der Waals surface area contributed by atoms with E-state index in [2.05, 4.69) is 15.2 Å². The van der Waals surface area contributed by atoms with Gasteiger partial charge in [-0.25, -0.2) is 4.98 Å². The van der Waals surface area contributed by atoms with Crippen molar-refractivity contribution in [1.82, 2.24) is 20.0 Å². The molecule has 0 aliphatic carbocycles. The Bertz CT molecular complexity index is 611. The summed E-state index contributed by atoms with van der Waals surface area (Å²) in [6.07, 6.45) is -1.95. The summed E-state index contributed by atoms with van der Waals surface area (Å²) >= 11 is 7.18. The number of rotatable bonds is 2. The number of halogens is 4. The second-order valence-electron chi connectivity index (χ2n) is 3.61. The zero-order valence-electron chi connectivity index (χ0n) is 9.86. The van der Waals surface area contributed by atoms with Crippen molar-refractivity contribution in [2.75, 3.05) is 6.26 Å². The van der Waals surface area contributed by atoms with Crippen LogP contribution in [0.3, 0.4) is 0 Å². The van der Waals surface area contributed by atoms with Gasteiger partial charge < -0.3 is 0 Å². The summed E-state index contributed by atoms with van der Waals surface area (Å²) in [5.41, 5.74) is -0.250. The van der Waals surface area contributed by atoms with Gasteiger partial charge in [-0.05, 0) is 19.2 Å². The van der Waals surface area contributed by atoms with Crippen LogP contribution in [0.4, 0.5) is 13.2 Å². The van der Waals surface area contributed by atoms with E-state index in [-0.39, 0.29) is 10.8 Å². The predicted molar refractivity (Wildman–Crippen MR) is 65.7 cm³/mol. The molecule has 0 unspecified atom stereocenters. The second-order valence-corrected chi connectivity index (χ2v) is 4.81. The highest BCUT2D eigenvalue weighted by Gasteiger charge is 2.31. The first-order valence-electron chi connectivity index (χ1n) is 5.04. The van der Waals surface area contributed by atoms with Crippen LogP contribution in [0.15, 0.2) is 17.3 Å². The van der Waals surface area contributed by atoms with Crippen molar-refractivity contribution < 1.29 is 13.2 Å². The average Bonchev–Trinajstić information content (AvgIpc) is 2.69. The first-order chi connectivity index (χ1) is 8.82. The minimum Gasteiger partial charge on any atom is -0.234 e. The minimum atomic E-state index is -4.48. The van der Waals surface area contributed by atoms with Gasteiger partial charge in [-0.1, -0.05) is 11.6 Å². The summed E-state index contributed by atoms with van der Waals surface area (Å²) in [6, 6.07) is 0.807. The van der Waals surface area contributed by atoms with Crippen LogP contribution in [0.1, 0.15) is 11.3 Å². The van der Waals surface area contributed by atoms with Gasteiger partial charge >= 0.3 is 6.18 Å². The van der Waals surface area contributed by atoms with E-state index in [9.17, 15) is 13.2 Å². The third-order valence-corrected chi connectivity index (χ3v) is 3.31. The molecule has 0 atom stereocenters. The molecular formula is C10H8ClF3N4S. The fourth-order valence-corrected chi connectivity index (χ4v) is 2.12. The van der Waals surface area contributed by atoms with Crippen LogP contribution in [0.25, 0.3) is 5.82 Å². The molecule has 2 heterocycles. The third-order valence-electron chi connectivity index (χ3n) is 2.27. The largest absolute Gasteiger partial charge is 0.417 e. The van der Waals surface area contributed by atoms with Crippen LogP contribution in [-0.4, -0.2) is 26.2 Å². The Labute approximate surface area is 116 Å². The maximum Gasteiger partial charge on any atom is 0.417 e. The van der Waals surface area contributed by atoms with Crippen molar-refractivity contribution in [1.29, 1.82) is 0 Å². The SMILES string of the molecule is CSc1nn(-c2ncc(C(F)(F)F)cc2Cl)nc1C. The van der Waals surface area contributed by atoms with Crippen molar-refractivity contribution in [3.8, 4) is 5.82 Å². The lowest BCUT2D eigenvalue weighted by molar-refractivity contribution is -0.137. The molecule has 0 saturated heterocycles. The maximum absolute atomic E-state index is 12.5. The lowest BCUT2D eigenvalue weighted by Gasteiger charge is -2.08. The Hall–Kier alpha value is -1.28. The van der Waals surface area contributed by atoms with E-state index < -0.39 is 11.7 Å². The van der Waals surface area contributed by atoms with E-state index in [0.717, 1.165) is 10.9 Å². The standard InChI is InChI=1S/C10H8ClF3N4S/c1-5-9(19-2)17-18(16-5)8-7(11)3-6(4-15-8)10(12,13)14/h3-4H,1-2H3. The van der Waals surface area contributed by atoms with Crippen molar-refractivity contribution in [2.24, 2.45) is 0 Å². The number of pyridine rings is 1. The van der Waals surface area contributed by atoms with E-state index in [1.54, 1.807) is 6.92 Å². The Morgan fingerprint density at radius 1 is 1.32 bits per heavy atom. The molecule has 2 aromatic heterocycles. The molecule has 0 fully saturated rings. The minimum absolute atomic E-state index is 0.0677. The van der Waals surface area contributed by atoms with E-state index in [1.165, 1.54) is 11.8 Å². The highest BCUT2D eigenvalue weighted by atomic mass is 35.5. The van der Waals surface area contributed by atoms with Crippen molar-refractivity contribution in [3.63, 3.8) is 0 Å².